The summed E-state index contributed by atoms with van der Waals surface area (Å²) in [5.74, 6) is 0. The molecule has 0 heterocycles. The topological polar surface area (TPSA) is 20.2 Å². The van der Waals surface area contributed by atoms with Gasteiger partial charge in [-0.1, -0.05) is 6.92 Å². The van der Waals surface area contributed by atoms with Crippen molar-refractivity contribution in [2.24, 2.45) is 0 Å². The van der Waals surface area contributed by atoms with Crippen LogP contribution >= 0.6 is 0 Å². The molecule has 0 amide bonds. The van der Waals surface area contributed by atoms with Crippen LogP contribution in [-0.2, 0) is 0 Å². The van der Waals surface area contributed by atoms with Gasteiger partial charge >= 0.3 is 0 Å². The molecule has 0 atom stereocenters. The summed E-state index contributed by atoms with van der Waals surface area (Å²) in [7, 11) is 0. The largest absolute Gasteiger partial charge is 0.396 e. The third-order valence-electron chi connectivity index (χ3n) is 0.224. The first-order chi connectivity index (χ1) is 1.91. The zero-order chi connectivity index (χ0) is 3.41. The Balaban J connectivity index is 0. The molecule has 0 aliphatic carbocycles. The van der Waals surface area contributed by atoms with Crippen LogP contribution in [0.5, 0.6) is 0 Å². The smallest absolute Gasteiger partial charge is 0.0428 e. The van der Waals surface area contributed by atoms with Crippen LogP contribution in [0.1, 0.15) is 13.3 Å². The predicted octanol–water partition coefficient (Wildman–Crippen LogP) is 0.00790. The molecule has 1 N–H and O–H groups in total. The molecule has 0 spiro atoms. The molecular weight excluding hydrogens is 189 g/mol. The summed E-state index contributed by atoms with van der Waals surface area (Å²) in [5.41, 5.74) is 0. The van der Waals surface area contributed by atoms with Crippen molar-refractivity contribution in [2.45, 2.75) is 13.3 Å². The van der Waals surface area contributed by atoms with Gasteiger partial charge in [-0.3, -0.25) is 0 Å². The first-order valence-corrected chi connectivity index (χ1v) is 1.52. The number of hydrogen-bond donors (Lipinski definition) is 1. The monoisotopic (exact) mass is 198 g/mol. The van der Waals surface area contributed by atoms with E-state index in [-0.39, 0.29) is 48.9 Å². The van der Waals surface area contributed by atoms with Crippen LogP contribution in [0.25, 0.3) is 0 Å². The van der Waals surface area contributed by atoms with Crippen molar-refractivity contribution < 1.29 is 5.11 Å². The maximum atomic E-state index is 7.88. The molecule has 28 valence electrons. The molecule has 0 rings (SSSR count). The van der Waals surface area contributed by atoms with Crippen molar-refractivity contribution in [2.75, 3.05) is 6.61 Å². The van der Waals surface area contributed by atoms with Gasteiger partial charge in [0, 0.05) is 55.5 Å². The van der Waals surface area contributed by atoms with E-state index < -0.39 is 0 Å². The molecule has 5 heavy (non-hydrogen) atoms. The van der Waals surface area contributed by atoms with E-state index in [1.807, 2.05) is 6.92 Å². The first-order valence-electron chi connectivity index (χ1n) is 1.52. The SMILES string of the molecule is CCCO.[Ba]. The van der Waals surface area contributed by atoms with Crippen LogP contribution in [0.15, 0.2) is 0 Å². The molecule has 0 aromatic rings. The van der Waals surface area contributed by atoms with Gasteiger partial charge in [0.05, 0.1) is 0 Å². The third-order valence-corrected chi connectivity index (χ3v) is 0.224. The van der Waals surface area contributed by atoms with Crippen molar-refractivity contribution in [3.63, 3.8) is 0 Å². The van der Waals surface area contributed by atoms with Crippen LogP contribution in [-0.4, -0.2) is 60.6 Å². The van der Waals surface area contributed by atoms with Gasteiger partial charge in [-0.25, -0.2) is 0 Å². The van der Waals surface area contributed by atoms with Gasteiger partial charge in [0.2, 0.25) is 0 Å². The van der Waals surface area contributed by atoms with Crippen LogP contribution in [0.2, 0.25) is 0 Å². The molecule has 0 bridgehead atoms. The average Bonchev–Trinajstić information content (AvgIpc) is 1.37. The van der Waals surface area contributed by atoms with Crippen molar-refractivity contribution in [1.29, 1.82) is 0 Å². The van der Waals surface area contributed by atoms with E-state index >= 15 is 0 Å². The van der Waals surface area contributed by atoms with Crippen molar-refractivity contribution in [1.82, 2.24) is 0 Å². The summed E-state index contributed by atoms with van der Waals surface area (Å²) in [6.07, 6.45) is 0.875. The van der Waals surface area contributed by atoms with E-state index in [0.717, 1.165) is 6.42 Å². The summed E-state index contributed by atoms with van der Waals surface area (Å²) in [5, 5.41) is 7.88. The molecule has 0 aliphatic rings. The first kappa shape index (κ1) is 9.73. The normalized spacial score (nSPS) is 6.00. The Labute approximate surface area is 72.8 Å². The molecule has 2 radical (unpaired) electrons. The zero-order valence-corrected chi connectivity index (χ0v) is 8.01. The Morgan fingerprint density at radius 2 is 1.80 bits per heavy atom. The predicted molar refractivity (Wildman–Crippen MR) is 23.1 cm³/mol. The Bertz CT molecular complexity index is 8.85. The summed E-state index contributed by atoms with van der Waals surface area (Å²) in [4.78, 5) is 0. The number of aliphatic hydroxyl groups excluding tert-OH is 1. The fourth-order valence-electron chi connectivity index (χ4n) is 0. The third kappa shape index (κ3) is 10.8. The Kier molecular flexibility index (Phi) is 17.7. The molecule has 0 aromatic heterocycles. The molecule has 0 aliphatic heterocycles. The van der Waals surface area contributed by atoms with E-state index in [2.05, 4.69) is 0 Å². The Morgan fingerprint density at radius 3 is 1.80 bits per heavy atom. The second kappa shape index (κ2) is 9.11. The van der Waals surface area contributed by atoms with Crippen molar-refractivity contribution in [3.8, 4) is 0 Å². The maximum absolute atomic E-state index is 7.88. The van der Waals surface area contributed by atoms with Crippen LogP contribution in [0, 0.1) is 0 Å². The van der Waals surface area contributed by atoms with E-state index in [9.17, 15) is 0 Å². The van der Waals surface area contributed by atoms with Crippen LogP contribution < -0.4 is 0 Å². The fraction of sp³-hybridized carbons (Fsp3) is 1.00. The molecule has 2 heteroatoms. The van der Waals surface area contributed by atoms with Crippen molar-refractivity contribution in [3.05, 3.63) is 0 Å². The molecule has 0 aromatic carbocycles. The van der Waals surface area contributed by atoms with E-state index in [4.69, 9.17) is 5.11 Å². The van der Waals surface area contributed by atoms with Gasteiger partial charge in [-0.15, -0.1) is 0 Å². The molecular formula is C3H8BaO. The molecule has 0 saturated carbocycles. The van der Waals surface area contributed by atoms with E-state index in [0.29, 0.717) is 6.61 Å². The van der Waals surface area contributed by atoms with Gasteiger partial charge in [0.1, 0.15) is 0 Å². The molecule has 0 unspecified atom stereocenters. The average molecular weight is 197 g/mol. The number of aliphatic hydroxyl groups is 1. The van der Waals surface area contributed by atoms with E-state index in [1.165, 1.54) is 0 Å². The van der Waals surface area contributed by atoms with E-state index in [1.54, 1.807) is 0 Å². The minimum absolute atomic E-state index is 0. The second-order valence-corrected chi connectivity index (χ2v) is 0.724. The number of rotatable bonds is 1. The van der Waals surface area contributed by atoms with Gasteiger partial charge in [-0.05, 0) is 6.42 Å². The minimum Gasteiger partial charge on any atom is -0.396 e. The summed E-state index contributed by atoms with van der Waals surface area (Å²) < 4.78 is 0. The Hall–Kier alpha value is 1.53. The summed E-state index contributed by atoms with van der Waals surface area (Å²) in [6.45, 7) is 2.25. The fourth-order valence-corrected chi connectivity index (χ4v) is 0. The Morgan fingerprint density at radius 1 is 1.60 bits per heavy atom. The van der Waals surface area contributed by atoms with Gasteiger partial charge in [0.15, 0.2) is 0 Å². The van der Waals surface area contributed by atoms with Gasteiger partial charge < -0.3 is 5.11 Å². The van der Waals surface area contributed by atoms with Crippen LogP contribution in [0.3, 0.4) is 0 Å². The summed E-state index contributed by atoms with van der Waals surface area (Å²) in [6, 6.07) is 0. The zero-order valence-electron chi connectivity index (χ0n) is 3.57. The second-order valence-electron chi connectivity index (χ2n) is 0.724. The van der Waals surface area contributed by atoms with Gasteiger partial charge in [-0.2, -0.15) is 0 Å². The standard InChI is InChI=1S/C3H8O.Ba/c1-2-3-4;/h4H,2-3H2,1H3;. The minimum atomic E-state index is 0. The molecule has 0 fully saturated rings. The van der Waals surface area contributed by atoms with Crippen LogP contribution in [0.4, 0.5) is 0 Å². The maximum Gasteiger partial charge on any atom is 0.0428 e. The summed E-state index contributed by atoms with van der Waals surface area (Å²) >= 11 is 0. The quantitative estimate of drug-likeness (QED) is 0.587. The molecule has 0 saturated heterocycles. The van der Waals surface area contributed by atoms with Gasteiger partial charge in [0.25, 0.3) is 0 Å². The molecule has 1 nitrogen and oxygen atoms in total. The number of hydrogen-bond acceptors (Lipinski definition) is 1. The van der Waals surface area contributed by atoms with Crippen molar-refractivity contribution >= 4 is 48.9 Å².